The molecule has 0 radical (unpaired) electrons. The molecule has 0 spiro atoms. The second-order valence-electron chi connectivity index (χ2n) is 8.40. The number of rotatable bonds is 5. The Morgan fingerprint density at radius 2 is 1.72 bits per heavy atom. The smallest absolute Gasteiger partial charge is 0.265 e. The van der Waals surface area contributed by atoms with E-state index in [0.717, 1.165) is 42.4 Å². The summed E-state index contributed by atoms with van der Waals surface area (Å²) in [6.07, 6.45) is 0.307. The summed E-state index contributed by atoms with van der Waals surface area (Å²) in [6, 6.07) is 11.8. The van der Waals surface area contributed by atoms with Gasteiger partial charge in [-0.2, -0.15) is 0 Å². The van der Waals surface area contributed by atoms with Gasteiger partial charge in [0.05, 0.1) is 5.69 Å². The summed E-state index contributed by atoms with van der Waals surface area (Å²) >= 11 is 0. The number of piperazine rings is 1. The minimum Gasteiger partial charge on any atom is -0.482 e. The van der Waals surface area contributed by atoms with E-state index in [1.165, 1.54) is 5.56 Å². The lowest BCUT2D eigenvalue weighted by molar-refractivity contribution is -0.132. The highest BCUT2D eigenvalue weighted by Gasteiger charge is 2.28. The first kappa shape index (κ1) is 20.6. The normalized spacial score (nSPS) is 17.8. The van der Waals surface area contributed by atoms with Crippen LogP contribution < -0.4 is 19.1 Å². The molecular formula is C24H27N3O5. The topological polar surface area (TPSA) is 71.6 Å². The molecule has 0 N–H and O–H groups in total. The molecule has 8 heteroatoms. The third-order valence-corrected chi connectivity index (χ3v) is 6.17. The molecule has 1 fully saturated rings. The molecule has 1 saturated heterocycles. The van der Waals surface area contributed by atoms with Crippen LogP contribution in [0.3, 0.4) is 0 Å². The average Bonchev–Trinajstić information content (AvgIpc) is 3.27. The van der Waals surface area contributed by atoms with E-state index in [1.807, 2.05) is 42.2 Å². The third kappa shape index (κ3) is 4.23. The van der Waals surface area contributed by atoms with E-state index in [9.17, 15) is 9.59 Å². The van der Waals surface area contributed by atoms with Crippen LogP contribution in [0, 0.1) is 6.92 Å². The molecule has 8 nitrogen and oxygen atoms in total. The summed E-state index contributed by atoms with van der Waals surface area (Å²) in [4.78, 5) is 31.1. The van der Waals surface area contributed by atoms with Crippen LogP contribution >= 0.6 is 0 Å². The number of aryl methyl sites for hydroxylation is 1. The number of benzene rings is 2. The second-order valence-corrected chi connectivity index (χ2v) is 8.40. The van der Waals surface area contributed by atoms with Gasteiger partial charge in [0.15, 0.2) is 18.1 Å². The maximum absolute atomic E-state index is 12.8. The number of fused-ring (bicyclic) bond motifs is 2. The van der Waals surface area contributed by atoms with E-state index in [1.54, 1.807) is 4.90 Å². The number of carbonyl (C=O) groups excluding carboxylic acids is 2. The highest BCUT2D eigenvalue weighted by atomic mass is 16.7. The number of anilines is 1. The Hall–Kier alpha value is -3.26. The van der Waals surface area contributed by atoms with Crippen molar-refractivity contribution in [1.82, 2.24) is 9.80 Å². The fraction of sp³-hybridized carbons (Fsp3) is 0.417. The molecule has 3 aliphatic rings. The highest BCUT2D eigenvalue weighted by Crippen LogP contribution is 2.34. The molecule has 2 aromatic carbocycles. The van der Waals surface area contributed by atoms with E-state index in [2.05, 4.69) is 11.0 Å². The Bertz CT molecular complexity index is 1030. The molecule has 0 aliphatic carbocycles. The van der Waals surface area contributed by atoms with Crippen LogP contribution in [-0.4, -0.2) is 67.7 Å². The van der Waals surface area contributed by atoms with Gasteiger partial charge in [-0.25, -0.2) is 0 Å². The first-order valence-corrected chi connectivity index (χ1v) is 11.0. The summed E-state index contributed by atoms with van der Waals surface area (Å²) in [5.41, 5.74) is 2.98. The lowest BCUT2D eigenvalue weighted by Gasteiger charge is -2.35. The first-order chi connectivity index (χ1) is 15.6. The number of nitrogens with zero attached hydrogens (tertiary/aromatic N) is 3. The van der Waals surface area contributed by atoms with Crippen molar-refractivity contribution in [2.75, 3.05) is 51.0 Å². The predicted molar refractivity (Wildman–Crippen MR) is 118 cm³/mol. The van der Waals surface area contributed by atoms with Crippen molar-refractivity contribution in [2.24, 2.45) is 0 Å². The van der Waals surface area contributed by atoms with Crippen LogP contribution in [0.15, 0.2) is 36.4 Å². The molecule has 5 rings (SSSR count). The number of hydrogen-bond acceptors (Lipinski definition) is 6. The summed E-state index contributed by atoms with van der Waals surface area (Å²) in [7, 11) is 0. The molecule has 2 aromatic rings. The summed E-state index contributed by atoms with van der Waals surface area (Å²) < 4.78 is 16.4. The Morgan fingerprint density at radius 1 is 0.938 bits per heavy atom. The maximum atomic E-state index is 12.8. The van der Waals surface area contributed by atoms with Gasteiger partial charge in [0.25, 0.3) is 5.91 Å². The van der Waals surface area contributed by atoms with Crippen LogP contribution in [0.1, 0.15) is 17.5 Å². The third-order valence-electron chi connectivity index (χ3n) is 6.17. The molecule has 3 aliphatic heterocycles. The fourth-order valence-corrected chi connectivity index (χ4v) is 4.38. The van der Waals surface area contributed by atoms with Gasteiger partial charge in [-0.1, -0.05) is 12.1 Å². The van der Waals surface area contributed by atoms with Gasteiger partial charge in [-0.3, -0.25) is 14.5 Å². The van der Waals surface area contributed by atoms with E-state index in [4.69, 9.17) is 14.2 Å². The molecule has 3 heterocycles. The largest absolute Gasteiger partial charge is 0.482 e. The van der Waals surface area contributed by atoms with Gasteiger partial charge in [0, 0.05) is 45.7 Å². The number of carbonyl (C=O) groups is 2. The van der Waals surface area contributed by atoms with Gasteiger partial charge in [-0.05, 0) is 42.3 Å². The molecular weight excluding hydrogens is 410 g/mol. The highest BCUT2D eigenvalue weighted by molar-refractivity contribution is 5.98. The van der Waals surface area contributed by atoms with Gasteiger partial charge in [0.2, 0.25) is 12.7 Å². The standard InChI is InChI=1S/C24H27N3O5/c1-17-2-4-20-19(12-17)27(24(29)15-30-20)7-6-23(28)26-10-8-25(9-11-26)14-18-3-5-21-22(13-18)32-16-31-21/h2-5,12-13H,6-11,14-16H2,1H3. The number of ether oxygens (including phenoxy) is 3. The van der Waals surface area contributed by atoms with Crippen LogP contribution in [0.25, 0.3) is 0 Å². The molecule has 2 amide bonds. The van der Waals surface area contributed by atoms with Gasteiger partial charge >= 0.3 is 0 Å². The summed E-state index contributed by atoms with van der Waals surface area (Å²) in [5, 5.41) is 0. The van der Waals surface area contributed by atoms with Crippen molar-refractivity contribution < 1.29 is 23.8 Å². The van der Waals surface area contributed by atoms with Gasteiger partial charge < -0.3 is 24.0 Å². The predicted octanol–water partition coefficient (Wildman–Crippen LogP) is 2.18. The monoisotopic (exact) mass is 437 g/mol. The van der Waals surface area contributed by atoms with Gasteiger partial charge in [0.1, 0.15) is 5.75 Å². The van der Waals surface area contributed by atoms with E-state index >= 15 is 0 Å². The number of hydrogen-bond donors (Lipinski definition) is 0. The van der Waals surface area contributed by atoms with E-state index in [0.29, 0.717) is 31.8 Å². The van der Waals surface area contributed by atoms with Crippen molar-refractivity contribution in [3.8, 4) is 17.2 Å². The lowest BCUT2D eigenvalue weighted by Crippen LogP contribution is -2.49. The zero-order valence-electron chi connectivity index (χ0n) is 18.2. The number of amides is 2. The van der Waals surface area contributed by atoms with Crippen molar-refractivity contribution in [2.45, 2.75) is 19.9 Å². The Morgan fingerprint density at radius 3 is 2.56 bits per heavy atom. The Labute approximate surface area is 187 Å². The lowest BCUT2D eigenvalue weighted by atomic mass is 10.1. The molecule has 0 saturated carbocycles. The molecule has 0 atom stereocenters. The van der Waals surface area contributed by atoms with Crippen molar-refractivity contribution in [1.29, 1.82) is 0 Å². The van der Waals surface area contributed by atoms with E-state index in [-0.39, 0.29) is 25.2 Å². The molecule has 0 unspecified atom stereocenters. The van der Waals surface area contributed by atoms with Crippen LogP contribution in [-0.2, 0) is 16.1 Å². The first-order valence-electron chi connectivity index (χ1n) is 11.0. The SMILES string of the molecule is Cc1ccc2c(c1)N(CCC(=O)N1CCN(Cc3ccc4c(c3)OCO4)CC1)C(=O)CO2. The Kier molecular flexibility index (Phi) is 5.61. The van der Waals surface area contributed by atoms with Crippen LogP contribution in [0.5, 0.6) is 17.2 Å². The Balaban J connectivity index is 1.13. The second kappa shape index (κ2) is 8.70. The van der Waals surface area contributed by atoms with Crippen molar-refractivity contribution in [3.05, 3.63) is 47.5 Å². The molecule has 0 bridgehead atoms. The molecule has 32 heavy (non-hydrogen) atoms. The minimum atomic E-state index is -0.107. The summed E-state index contributed by atoms with van der Waals surface area (Å²) in [6.45, 7) is 6.48. The zero-order valence-corrected chi connectivity index (χ0v) is 18.2. The van der Waals surface area contributed by atoms with Crippen LogP contribution in [0.4, 0.5) is 5.69 Å². The average molecular weight is 437 g/mol. The summed E-state index contributed by atoms with van der Waals surface area (Å²) in [5.74, 6) is 2.26. The quantitative estimate of drug-likeness (QED) is 0.714. The maximum Gasteiger partial charge on any atom is 0.265 e. The zero-order chi connectivity index (χ0) is 22.1. The van der Waals surface area contributed by atoms with Crippen molar-refractivity contribution in [3.63, 3.8) is 0 Å². The van der Waals surface area contributed by atoms with Crippen molar-refractivity contribution >= 4 is 17.5 Å². The molecule has 0 aromatic heterocycles. The van der Waals surface area contributed by atoms with Gasteiger partial charge in [-0.15, -0.1) is 0 Å². The minimum absolute atomic E-state index is 0.0167. The van der Waals surface area contributed by atoms with Crippen LogP contribution in [0.2, 0.25) is 0 Å². The van der Waals surface area contributed by atoms with E-state index < -0.39 is 0 Å². The fourth-order valence-electron chi connectivity index (χ4n) is 4.38. The molecule has 168 valence electrons.